The minimum Gasteiger partial charge on any atom is -0.309 e. The zero-order chi connectivity index (χ0) is 36.6. The molecule has 0 saturated heterocycles. The van der Waals surface area contributed by atoms with Crippen molar-refractivity contribution in [3.63, 3.8) is 0 Å². The normalized spacial score (nSPS) is 11.6. The van der Waals surface area contributed by atoms with E-state index in [0.29, 0.717) is 11.1 Å². The molecule has 0 saturated carbocycles. The maximum absolute atomic E-state index is 10.0. The maximum Gasteiger partial charge on any atom is 0.0991 e. The molecular weight excluding hydrogens is 671 g/mol. The van der Waals surface area contributed by atoms with Gasteiger partial charge in [-0.1, -0.05) is 91.0 Å². The molecule has 254 valence electrons. The van der Waals surface area contributed by atoms with Crippen LogP contribution in [0.25, 0.3) is 93.6 Å². The lowest BCUT2D eigenvalue weighted by atomic mass is 10.0. The van der Waals surface area contributed by atoms with Gasteiger partial charge in [-0.3, -0.25) is 0 Å². The summed E-state index contributed by atoms with van der Waals surface area (Å²) in [5.41, 5.74) is 13.0. The summed E-state index contributed by atoms with van der Waals surface area (Å²) in [5.74, 6) is 0. The van der Waals surface area contributed by atoms with E-state index in [1.807, 2.05) is 24.3 Å². The maximum atomic E-state index is 10.0. The van der Waals surface area contributed by atoms with Crippen molar-refractivity contribution in [1.82, 2.24) is 13.7 Å². The van der Waals surface area contributed by atoms with E-state index < -0.39 is 0 Å². The molecular formula is C50H29N5. The SMILES string of the molecule is N#Cc1ccc(-n2c3ccccc3c3ccccc32)c(-c2ccc(-n3c4ccccc4c4ccc(-n5c6ccccc6c6cc(C#N)ccc65)cc43)cc2)c1. The number of para-hydroxylation sites is 4. The van der Waals surface area contributed by atoms with E-state index in [4.69, 9.17) is 0 Å². The first-order valence-electron chi connectivity index (χ1n) is 18.3. The van der Waals surface area contributed by atoms with Gasteiger partial charge >= 0.3 is 0 Å². The molecule has 0 aliphatic carbocycles. The van der Waals surface area contributed by atoms with Gasteiger partial charge in [0, 0.05) is 49.3 Å². The first-order chi connectivity index (χ1) is 27.2. The van der Waals surface area contributed by atoms with E-state index in [9.17, 15) is 10.5 Å². The molecule has 0 N–H and O–H groups in total. The third-order valence-corrected chi connectivity index (χ3v) is 11.1. The molecule has 5 heteroatoms. The molecule has 0 fully saturated rings. The Labute approximate surface area is 316 Å². The summed E-state index contributed by atoms with van der Waals surface area (Å²) in [4.78, 5) is 0. The third-order valence-electron chi connectivity index (χ3n) is 11.1. The second-order valence-corrected chi connectivity index (χ2v) is 14.0. The third kappa shape index (κ3) is 4.51. The van der Waals surface area contributed by atoms with Crippen LogP contribution >= 0.6 is 0 Å². The highest BCUT2D eigenvalue weighted by Gasteiger charge is 2.19. The topological polar surface area (TPSA) is 62.4 Å². The van der Waals surface area contributed by atoms with Crippen LogP contribution in [0.15, 0.2) is 176 Å². The van der Waals surface area contributed by atoms with E-state index in [1.54, 1.807) is 0 Å². The largest absolute Gasteiger partial charge is 0.309 e. The average molecular weight is 700 g/mol. The standard InChI is InChI=1S/C50H29N5/c51-30-32-17-25-48(55-46-15-7-2-9-37(46)38-10-3-8-16-47(38)55)42(27-32)34-19-21-35(22-20-34)53-44-13-5-1-11-39(44)41-24-23-36(29-50(41)53)54-45-14-6-4-12-40(45)43-28-33(31-52)18-26-49(43)54/h1-29H. The minimum absolute atomic E-state index is 0.618. The molecule has 0 spiro atoms. The van der Waals surface area contributed by atoms with E-state index in [-0.39, 0.29) is 0 Å². The Kier molecular flexibility index (Phi) is 6.61. The van der Waals surface area contributed by atoms with E-state index in [2.05, 4.69) is 177 Å². The molecule has 0 amide bonds. The summed E-state index contributed by atoms with van der Waals surface area (Å²) in [5, 5.41) is 26.6. The van der Waals surface area contributed by atoms with Crippen molar-refractivity contribution in [1.29, 1.82) is 10.5 Å². The molecule has 0 aliphatic rings. The second-order valence-electron chi connectivity index (χ2n) is 14.0. The number of fused-ring (bicyclic) bond motifs is 9. The Morgan fingerprint density at radius 3 is 1.38 bits per heavy atom. The minimum atomic E-state index is 0.618. The molecule has 3 heterocycles. The van der Waals surface area contributed by atoms with Gasteiger partial charge in [0.2, 0.25) is 0 Å². The number of aromatic nitrogens is 3. The summed E-state index contributed by atoms with van der Waals surface area (Å²) in [7, 11) is 0. The fraction of sp³-hybridized carbons (Fsp3) is 0. The lowest BCUT2D eigenvalue weighted by molar-refractivity contribution is 1.15. The van der Waals surface area contributed by atoms with E-state index >= 15 is 0 Å². The monoisotopic (exact) mass is 699 g/mol. The lowest BCUT2D eigenvalue weighted by Crippen LogP contribution is -1.99. The van der Waals surface area contributed by atoms with Crippen LogP contribution < -0.4 is 0 Å². The summed E-state index contributed by atoms with van der Waals surface area (Å²) in [6.45, 7) is 0. The zero-order valence-electron chi connectivity index (χ0n) is 29.5. The van der Waals surface area contributed by atoms with Gasteiger partial charge < -0.3 is 13.7 Å². The van der Waals surface area contributed by atoms with Gasteiger partial charge in [-0.25, -0.2) is 0 Å². The first kappa shape index (κ1) is 30.7. The van der Waals surface area contributed by atoms with Crippen LogP contribution in [-0.2, 0) is 0 Å². The number of nitriles is 2. The highest BCUT2D eigenvalue weighted by molar-refractivity contribution is 6.13. The van der Waals surface area contributed by atoms with Crippen LogP contribution in [0.4, 0.5) is 0 Å². The molecule has 5 nitrogen and oxygen atoms in total. The number of hydrogen-bond donors (Lipinski definition) is 0. The lowest BCUT2D eigenvalue weighted by Gasteiger charge is -2.16. The van der Waals surface area contributed by atoms with Gasteiger partial charge in [-0.15, -0.1) is 0 Å². The number of benzene rings is 8. The predicted octanol–water partition coefficient (Wildman–Crippen LogP) is 12.4. The highest BCUT2D eigenvalue weighted by Crippen LogP contribution is 2.39. The van der Waals surface area contributed by atoms with Gasteiger partial charge in [0.1, 0.15) is 0 Å². The number of nitrogens with zero attached hydrogens (tertiary/aromatic N) is 5. The zero-order valence-corrected chi connectivity index (χ0v) is 29.5. The van der Waals surface area contributed by atoms with Crippen LogP contribution in [0, 0.1) is 22.7 Å². The van der Waals surface area contributed by atoms with Crippen LogP contribution in [0.1, 0.15) is 11.1 Å². The molecule has 11 rings (SSSR count). The second kappa shape index (κ2) is 11.8. The van der Waals surface area contributed by atoms with Crippen molar-refractivity contribution in [2.45, 2.75) is 0 Å². The molecule has 0 unspecified atom stereocenters. The van der Waals surface area contributed by atoms with Crippen molar-refractivity contribution in [3.8, 4) is 40.3 Å². The molecule has 0 aliphatic heterocycles. The Balaban J connectivity index is 1.10. The van der Waals surface area contributed by atoms with Crippen molar-refractivity contribution >= 4 is 65.4 Å². The first-order valence-corrected chi connectivity index (χ1v) is 18.3. The van der Waals surface area contributed by atoms with Crippen LogP contribution in [0.2, 0.25) is 0 Å². The summed E-state index contributed by atoms with van der Waals surface area (Å²) >= 11 is 0. The van der Waals surface area contributed by atoms with Crippen LogP contribution in [0.5, 0.6) is 0 Å². The molecule has 3 aromatic heterocycles. The van der Waals surface area contributed by atoms with Crippen molar-refractivity contribution in [2.24, 2.45) is 0 Å². The molecule has 8 aromatic carbocycles. The smallest absolute Gasteiger partial charge is 0.0991 e. The molecule has 0 atom stereocenters. The van der Waals surface area contributed by atoms with E-state index in [0.717, 1.165) is 72.1 Å². The van der Waals surface area contributed by atoms with Crippen molar-refractivity contribution in [3.05, 3.63) is 187 Å². The van der Waals surface area contributed by atoms with Crippen LogP contribution in [-0.4, -0.2) is 13.7 Å². The summed E-state index contributed by atoms with van der Waals surface area (Å²) < 4.78 is 6.97. The fourth-order valence-corrected chi connectivity index (χ4v) is 8.70. The predicted molar refractivity (Wildman–Crippen MR) is 224 cm³/mol. The number of hydrogen-bond acceptors (Lipinski definition) is 2. The Morgan fingerprint density at radius 2 is 0.782 bits per heavy atom. The van der Waals surface area contributed by atoms with Crippen LogP contribution in [0.3, 0.4) is 0 Å². The average Bonchev–Trinajstić information content (AvgIpc) is 3.88. The van der Waals surface area contributed by atoms with Gasteiger partial charge in [0.05, 0.1) is 62.1 Å². The Morgan fingerprint density at radius 1 is 0.327 bits per heavy atom. The molecule has 0 radical (unpaired) electrons. The quantitative estimate of drug-likeness (QED) is 0.184. The van der Waals surface area contributed by atoms with Gasteiger partial charge in [-0.2, -0.15) is 10.5 Å². The van der Waals surface area contributed by atoms with Gasteiger partial charge in [0.15, 0.2) is 0 Å². The fourth-order valence-electron chi connectivity index (χ4n) is 8.70. The summed E-state index contributed by atoms with van der Waals surface area (Å²) in [6, 6.07) is 66.0. The molecule has 0 bridgehead atoms. The highest BCUT2D eigenvalue weighted by atomic mass is 15.0. The number of rotatable bonds is 4. The Hall–Kier alpha value is -7.86. The molecule has 55 heavy (non-hydrogen) atoms. The van der Waals surface area contributed by atoms with Crippen molar-refractivity contribution < 1.29 is 0 Å². The Bertz CT molecular complexity index is 3400. The summed E-state index contributed by atoms with van der Waals surface area (Å²) in [6.07, 6.45) is 0. The molecule has 11 aromatic rings. The van der Waals surface area contributed by atoms with Crippen molar-refractivity contribution in [2.75, 3.05) is 0 Å². The van der Waals surface area contributed by atoms with Gasteiger partial charge in [0.25, 0.3) is 0 Å². The van der Waals surface area contributed by atoms with Gasteiger partial charge in [-0.05, 0) is 90.5 Å². The van der Waals surface area contributed by atoms with E-state index in [1.165, 1.54) is 21.5 Å².